The SMILES string of the molecule is O=C1CN(C(=O)C2CC2c2ccccc2C(F)(F)F)CCN1. The Balaban J connectivity index is 1.75. The zero-order valence-electron chi connectivity index (χ0n) is 11.7. The van der Waals surface area contributed by atoms with Gasteiger partial charge in [0.2, 0.25) is 11.8 Å². The van der Waals surface area contributed by atoms with E-state index < -0.39 is 23.6 Å². The van der Waals surface area contributed by atoms with E-state index in [-0.39, 0.29) is 23.9 Å². The fourth-order valence-electron chi connectivity index (χ4n) is 2.95. The number of hydrogen-bond acceptors (Lipinski definition) is 2. The van der Waals surface area contributed by atoms with Crippen molar-refractivity contribution in [3.8, 4) is 0 Å². The number of hydrogen-bond donors (Lipinski definition) is 1. The Morgan fingerprint density at radius 2 is 2.00 bits per heavy atom. The predicted octanol–water partition coefficient (Wildman–Crippen LogP) is 1.77. The minimum Gasteiger partial charge on any atom is -0.353 e. The Hall–Kier alpha value is -2.05. The molecule has 2 amide bonds. The topological polar surface area (TPSA) is 49.4 Å². The second kappa shape index (κ2) is 5.30. The molecule has 0 bridgehead atoms. The highest BCUT2D eigenvalue weighted by Gasteiger charge is 2.49. The molecule has 1 saturated carbocycles. The number of carbonyl (C=O) groups excluding carboxylic acids is 2. The van der Waals surface area contributed by atoms with Crippen molar-refractivity contribution in [2.24, 2.45) is 5.92 Å². The number of piperazine rings is 1. The lowest BCUT2D eigenvalue weighted by atomic mass is 10.0. The zero-order chi connectivity index (χ0) is 15.9. The van der Waals surface area contributed by atoms with Crippen molar-refractivity contribution in [3.63, 3.8) is 0 Å². The Morgan fingerprint density at radius 3 is 2.68 bits per heavy atom. The highest BCUT2D eigenvalue weighted by atomic mass is 19.4. The van der Waals surface area contributed by atoms with Crippen LogP contribution in [-0.4, -0.2) is 36.3 Å². The molecule has 3 rings (SSSR count). The molecule has 2 aliphatic rings. The van der Waals surface area contributed by atoms with Crippen LogP contribution in [0.2, 0.25) is 0 Å². The summed E-state index contributed by atoms with van der Waals surface area (Å²) < 4.78 is 39.1. The molecule has 2 unspecified atom stereocenters. The summed E-state index contributed by atoms with van der Waals surface area (Å²) in [5.41, 5.74) is -0.499. The van der Waals surface area contributed by atoms with Gasteiger partial charge in [0.1, 0.15) is 0 Å². The largest absolute Gasteiger partial charge is 0.416 e. The molecule has 1 heterocycles. The van der Waals surface area contributed by atoms with Gasteiger partial charge in [-0.1, -0.05) is 18.2 Å². The van der Waals surface area contributed by atoms with Crippen LogP contribution in [0.4, 0.5) is 13.2 Å². The van der Waals surface area contributed by atoms with E-state index in [1.54, 1.807) is 6.07 Å². The van der Waals surface area contributed by atoms with Crippen LogP contribution in [0.3, 0.4) is 0 Å². The monoisotopic (exact) mass is 312 g/mol. The first kappa shape index (κ1) is 14.9. The van der Waals surface area contributed by atoms with Gasteiger partial charge in [0.25, 0.3) is 0 Å². The van der Waals surface area contributed by atoms with E-state index in [4.69, 9.17) is 0 Å². The van der Waals surface area contributed by atoms with E-state index in [2.05, 4.69) is 5.32 Å². The van der Waals surface area contributed by atoms with Crippen molar-refractivity contribution in [2.45, 2.75) is 18.5 Å². The number of carbonyl (C=O) groups is 2. The van der Waals surface area contributed by atoms with Crippen molar-refractivity contribution in [2.75, 3.05) is 19.6 Å². The third kappa shape index (κ3) is 2.80. The molecule has 0 radical (unpaired) electrons. The molecule has 4 nitrogen and oxygen atoms in total. The summed E-state index contributed by atoms with van der Waals surface area (Å²) in [4.78, 5) is 25.0. The summed E-state index contributed by atoms with van der Waals surface area (Å²) in [5, 5.41) is 2.62. The summed E-state index contributed by atoms with van der Waals surface area (Å²) in [6, 6.07) is 5.38. The number of nitrogens with zero attached hydrogens (tertiary/aromatic N) is 1. The minimum atomic E-state index is -4.42. The van der Waals surface area contributed by atoms with Gasteiger partial charge in [0.15, 0.2) is 0 Å². The molecule has 1 N–H and O–H groups in total. The van der Waals surface area contributed by atoms with Crippen LogP contribution in [0, 0.1) is 5.92 Å². The Kier molecular flexibility index (Phi) is 3.58. The smallest absolute Gasteiger partial charge is 0.353 e. The maximum absolute atomic E-state index is 13.0. The van der Waals surface area contributed by atoms with Crippen LogP contribution >= 0.6 is 0 Å². The number of rotatable bonds is 2. The van der Waals surface area contributed by atoms with Crippen molar-refractivity contribution < 1.29 is 22.8 Å². The molecule has 2 atom stereocenters. The van der Waals surface area contributed by atoms with E-state index in [1.165, 1.54) is 17.0 Å². The van der Waals surface area contributed by atoms with Gasteiger partial charge in [-0.3, -0.25) is 9.59 Å². The summed E-state index contributed by atoms with van der Waals surface area (Å²) in [6.45, 7) is 0.790. The third-order valence-corrected chi connectivity index (χ3v) is 4.12. The first-order valence-electron chi connectivity index (χ1n) is 7.09. The van der Waals surface area contributed by atoms with Gasteiger partial charge in [0, 0.05) is 19.0 Å². The van der Waals surface area contributed by atoms with Crippen LogP contribution in [0.25, 0.3) is 0 Å². The average molecular weight is 312 g/mol. The maximum atomic E-state index is 13.0. The van der Waals surface area contributed by atoms with E-state index in [0.717, 1.165) is 6.07 Å². The standard InChI is InChI=1S/C15H15F3N2O2/c16-15(17,18)12-4-2-1-3-9(12)10-7-11(10)14(22)20-6-5-19-13(21)8-20/h1-4,10-11H,5-8H2,(H,19,21). The maximum Gasteiger partial charge on any atom is 0.416 e. The molecular weight excluding hydrogens is 297 g/mol. The third-order valence-electron chi connectivity index (χ3n) is 4.12. The fraction of sp³-hybridized carbons (Fsp3) is 0.467. The lowest BCUT2D eigenvalue weighted by Gasteiger charge is -2.27. The second-order valence-electron chi connectivity index (χ2n) is 5.64. The molecule has 1 aromatic carbocycles. The molecule has 2 fully saturated rings. The van der Waals surface area contributed by atoms with Gasteiger partial charge in [-0.15, -0.1) is 0 Å². The summed E-state index contributed by atoms with van der Waals surface area (Å²) in [7, 11) is 0. The second-order valence-corrected chi connectivity index (χ2v) is 5.64. The molecule has 1 aliphatic carbocycles. The quantitative estimate of drug-likeness (QED) is 0.905. The van der Waals surface area contributed by atoms with Crippen molar-refractivity contribution in [1.82, 2.24) is 10.2 Å². The van der Waals surface area contributed by atoms with Gasteiger partial charge in [-0.05, 0) is 24.0 Å². The van der Waals surface area contributed by atoms with E-state index in [0.29, 0.717) is 19.5 Å². The van der Waals surface area contributed by atoms with Crippen LogP contribution in [0.5, 0.6) is 0 Å². The number of halogens is 3. The van der Waals surface area contributed by atoms with Gasteiger partial charge in [0.05, 0.1) is 12.1 Å². The summed E-state index contributed by atoms with van der Waals surface area (Å²) in [5.74, 6) is -1.31. The highest BCUT2D eigenvalue weighted by molar-refractivity contribution is 5.89. The van der Waals surface area contributed by atoms with E-state index >= 15 is 0 Å². The average Bonchev–Trinajstić information content (AvgIpc) is 3.26. The Labute approximate surface area is 125 Å². The fourth-order valence-corrected chi connectivity index (χ4v) is 2.95. The normalized spacial score (nSPS) is 24.9. The molecule has 0 aromatic heterocycles. The van der Waals surface area contributed by atoms with Crippen molar-refractivity contribution >= 4 is 11.8 Å². The Bertz CT molecular complexity index is 615. The van der Waals surface area contributed by atoms with Crippen LogP contribution in [0.1, 0.15) is 23.5 Å². The molecule has 118 valence electrons. The molecule has 1 saturated heterocycles. The number of alkyl halides is 3. The zero-order valence-corrected chi connectivity index (χ0v) is 11.7. The molecule has 0 spiro atoms. The summed E-state index contributed by atoms with van der Waals surface area (Å²) in [6.07, 6.45) is -4.01. The van der Waals surface area contributed by atoms with Crippen LogP contribution in [-0.2, 0) is 15.8 Å². The van der Waals surface area contributed by atoms with Crippen molar-refractivity contribution in [1.29, 1.82) is 0 Å². The van der Waals surface area contributed by atoms with E-state index in [9.17, 15) is 22.8 Å². The minimum absolute atomic E-state index is 0.0109. The number of benzene rings is 1. The van der Waals surface area contributed by atoms with Crippen LogP contribution < -0.4 is 5.32 Å². The molecular formula is C15H15F3N2O2. The highest BCUT2D eigenvalue weighted by Crippen LogP contribution is 2.51. The van der Waals surface area contributed by atoms with E-state index in [1.807, 2.05) is 0 Å². The van der Waals surface area contributed by atoms with Gasteiger partial charge < -0.3 is 10.2 Å². The summed E-state index contributed by atoms with van der Waals surface area (Å²) >= 11 is 0. The lowest BCUT2D eigenvalue weighted by molar-refractivity contribution is -0.140. The number of nitrogens with one attached hydrogen (secondary N) is 1. The van der Waals surface area contributed by atoms with Gasteiger partial charge >= 0.3 is 6.18 Å². The van der Waals surface area contributed by atoms with Gasteiger partial charge in [-0.2, -0.15) is 13.2 Å². The molecule has 1 aliphatic heterocycles. The number of amides is 2. The first-order valence-corrected chi connectivity index (χ1v) is 7.09. The lowest BCUT2D eigenvalue weighted by Crippen LogP contribution is -2.50. The molecule has 7 heteroatoms. The molecule has 1 aromatic rings. The first-order chi connectivity index (χ1) is 10.4. The van der Waals surface area contributed by atoms with Crippen molar-refractivity contribution in [3.05, 3.63) is 35.4 Å². The van der Waals surface area contributed by atoms with Gasteiger partial charge in [-0.25, -0.2) is 0 Å². The molecule has 22 heavy (non-hydrogen) atoms. The Morgan fingerprint density at radius 1 is 1.27 bits per heavy atom. The predicted molar refractivity (Wildman–Crippen MR) is 71.9 cm³/mol. The van der Waals surface area contributed by atoms with Crippen LogP contribution in [0.15, 0.2) is 24.3 Å².